The maximum atomic E-state index is 11.9. The Labute approximate surface area is 109 Å². The van der Waals surface area contributed by atoms with Gasteiger partial charge in [0.2, 0.25) is 0 Å². The van der Waals surface area contributed by atoms with E-state index in [0.717, 1.165) is 19.4 Å². The largest absolute Gasteiger partial charge is 0.373 e. The van der Waals surface area contributed by atoms with Crippen LogP contribution in [0.2, 0.25) is 0 Å². The van der Waals surface area contributed by atoms with Crippen molar-refractivity contribution in [1.29, 1.82) is 0 Å². The highest BCUT2D eigenvalue weighted by atomic mass is 16.5. The summed E-state index contributed by atoms with van der Waals surface area (Å²) in [5.41, 5.74) is 0.428. The maximum absolute atomic E-state index is 11.9. The van der Waals surface area contributed by atoms with Gasteiger partial charge in [-0.3, -0.25) is 0 Å². The molecule has 0 aromatic rings. The van der Waals surface area contributed by atoms with Crippen molar-refractivity contribution in [3.05, 3.63) is 0 Å². The zero-order chi connectivity index (χ0) is 12.6. The van der Waals surface area contributed by atoms with Crippen LogP contribution in [-0.2, 0) is 4.74 Å². The van der Waals surface area contributed by atoms with E-state index in [9.17, 15) is 4.79 Å². The van der Waals surface area contributed by atoms with Crippen molar-refractivity contribution in [3.8, 4) is 0 Å². The summed E-state index contributed by atoms with van der Waals surface area (Å²) in [5, 5.41) is 6.13. The van der Waals surface area contributed by atoms with Gasteiger partial charge in [0.1, 0.15) is 0 Å². The van der Waals surface area contributed by atoms with Gasteiger partial charge in [0.05, 0.1) is 18.2 Å². The van der Waals surface area contributed by atoms with Crippen molar-refractivity contribution in [2.75, 3.05) is 6.54 Å². The van der Waals surface area contributed by atoms with Crippen molar-refractivity contribution >= 4 is 6.03 Å². The molecular formula is C14H24N2O2. The zero-order valence-corrected chi connectivity index (χ0v) is 11.2. The molecule has 2 heterocycles. The van der Waals surface area contributed by atoms with Gasteiger partial charge >= 0.3 is 6.03 Å². The molecule has 4 nitrogen and oxygen atoms in total. The number of urea groups is 1. The van der Waals surface area contributed by atoms with E-state index in [2.05, 4.69) is 17.6 Å². The van der Waals surface area contributed by atoms with Crippen LogP contribution in [-0.4, -0.2) is 30.8 Å². The first kappa shape index (κ1) is 12.3. The molecule has 102 valence electrons. The van der Waals surface area contributed by atoms with Gasteiger partial charge in [0.15, 0.2) is 0 Å². The van der Waals surface area contributed by atoms with Crippen LogP contribution in [0.1, 0.15) is 51.9 Å². The third kappa shape index (κ3) is 2.48. The Kier molecular flexibility index (Phi) is 3.22. The Hall–Kier alpha value is -0.770. The highest BCUT2D eigenvalue weighted by molar-refractivity contribution is 5.74. The average molecular weight is 252 g/mol. The molecule has 0 unspecified atom stereocenters. The van der Waals surface area contributed by atoms with Crippen LogP contribution >= 0.6 is 0 Å². The third-order valence-electron chi connectivity index (χ3n) is 4.78. The summed E-state index contributed by atoms with van der Waals surface area (Å²) in [6.45, 7) is 3.06. The minimum absolute atomic E-state index is 0.00136. The molecular weight excluding hydrogens is 228 g/mol. The van der Waals surface area contributed by atoms with E-state index in [4.69, 9.17) is 4.74 Å². The molecule has 18 heavy (non-hydrogen) atoms. The molecule has 1 saturated carbocycles. The van der Waals surface area contributed by atoms with Crippen molar-refractivity contribution < 1.29 is 9.53 Å². The third-order valence-corrected chi connectivity index (χ3v) is 4.78. The second-order valence-electron chi connectivity index (χ2n) is 6.29. The van der Waals surface area contributed by atoms with Crippen LogP contribution < -0.4 is 10.6 Å². The summed E-state index contributed by atoms with van der Waals surface area (Å²) in [6.07, 6.45) is 8.95. The first-order valence-electron chi connectivity index (χ1n) is 7.41. The van der Waals surface area contributed by atoms with Gasteiger partial charge in [-0.1, -0.05) is 13.3 Å². The van der Waals surface area contributed by atoms with E-state index in [1.807, 2.05) is 0 Å². The Morgan fingerprint density at radius 3 is 2.78 bits per heavy atom. The fourth-order valence-electron chi connectivity index (χ4n) is 3.50. The topological polar surface area (TPSA) is 50.4 Å². The fraction of sp³-hybridized carbons (Fsp3) is 0.929. The van der Waals surface area contributed by atoms with Gasteiger partial charge < -0.3 is 15.4 Å². The van der Waals surface area contributed by atoms with Crippen LogP contribution in [0.5, 0.6) is 0 Å². The molecule has 2 amide bonds. The van der Waals surface area contributed by atoms with Gasteiger partial charge in [-0.15, -0.1) is 0 Å². The van der Waals surface area contributed by atoms with Crippen molar-refractivity contribution in [3.63, 3.8) is 0 Å². The highest BCUT2D eigenvalue weighted by Gasteiger charge is 2.43. The lowest BCUT2D eigenvalue weighted by Crippen LogP contribution is -2.47. The Morgan fingerprint density at radius 2 is 2.22 bits per heavy atom. The second-order valence-corrected chi connectivity index (χ2v) is 6.29. The van der Waals surface area contributed by atoms with Crippen LogP contribution in [0.4, 0.5) is 4.79 Å². The minimum atomic E-state index is -0.00136. The molecule has 3 fully saturated rings. The molecule has 4 heteroatoms. The van der Waals surface area contributed by atoms with E-state index in [1.165, 1.54) is 32.1 Å². The number of nitrogens with one attached hydrogen (secondary N) is 2. The van der Waals surface area contributed by atoms with Gasteiger partial charge in [-0.25, -0.2) is 4.79 Å². The van der Waals surface area contributed by atoms with Gasteiger partial charge in [0, 0.05) is 6.54 Å². The molecule has 0 spiro atoms. The van der Waals surface area contributed by atoms with E-state index in [-0.39, 0.29) is 18.2 Å². The summed E-state index contributed by atoms with van der Waals surface area (Å²) in [7, 11) is 0. The van der Waals surface area contributed by atoms with Gasteiger partial charge in [-0.05, 0) is 43.9 Å². The second kappa shape index (κ2) is 4.72. The van der Waals surface area contributed by atoms with E-state index < -0.39 is 0 Å². The average Bonchev–Trinajstić information content (AvgIpc) is 2.82. The van der Waals surface area contributed by atoms with Crippen molar-refractivity contribution in [2.45, 2.75) is 70.1 Å². The number of carbonyl (C=O) groups excluding carboxylic acids is 1. The molecule has 2 aliphatic heterocycles. The van der Waals surface area contributed by atoms with E-state index in [1.54, 1.807) is 0 Å². The van der Waals surface area contributed by atoms with Crippen molar-refractivity contribution in [2.24, 2.45) is 5.41 Å². The summed E-state index contributed by atoms with van der Waals surface area (Å²) < 4.78 is 5.74. The number of fused-ring (bicyclic) bond motifs is 2. The van der Waals surface area contributed by atoms with Crippen LogP contribution in [0.25, 0.3) is 0 Å². The lowest BCUT2D eigenvalue weighted by molar-refractivity contribution is 0.0980. The molecule has 3 aliphatic rings. The molecule has 2 saturated heterocycles. The lowest BCUT2D eigenvalue weighted by atomic mass is 9.96. The maximum Gasteiger partial charge on any atom is 0.315 e. The summed E-state index contributed by atoms with van der Waals surface area (Å²) >= 11 is 0. The standard InChI is InChI=1S/C14H24N2O2/c1-2-5-14(6-7-14)9-15-13(17)16-11-8-10-3-4-12(11)18-10/h10-12H,2-9H2,1H3,(H2,15,16,17)/t10-,11+,12-/m1/s1. The summed E-state index contributed by atoms with van der Waals surface area (Å²) in [5.74, 6) is 0. The number of hydrogen-bond donors (Lipinski definition) is 2. The molecule has 0 aromatic carbocycles. The number of carbonyl (C=O) groups is 1. The zero-order valence-electron chi connectivity index (χ0n) is 11.2. The predicted octanol–water partition coefficient (Wildman–Crippen LogP) is 2.19. The lowest BCUT2D eigenvalue weighted by Gasteiger charge is -2.21. The van der Waals surface area contributed by atoms with Crippen LogP contribution in [0.15, 0.2) is 0 Å². The molecule has 2 bridgehead atoms. The van der Waals surface area contributed by atoms with Crippen LogP contribution in [0.3, 0.4) is 0 Å². The fourth-order valence-corrected chi connectivity index (χ4v) is 3.50. The first-order chi connectivity index (χ1) is 8.71. The Balaban J connectivity index is 1.40. The summed E-state index contributed by atoms with van der Waals surface area (Å²) in [6, 6.07) is 0.239. The van der Waals surface area contributed by atoms with Crippen molar-refractivity contribution in [1.82, 2.24) is 10.6 Å². The highest BCUT2D eigenvalue weighted by Crippen LogP contribution is 2.48. The molecule has 2 N–H and O–H groups in total. The monoisotopic (exact) mass is 252 g/mol. The molecule has 1 aliphatic carbocycles. The smallest absolute Gasteiger partial charge is 0.315 e. The minimum Gasteiger partial charge on any atom is -0.373 e. The number of hydrogen-bond acceptors (Lipinski definition) is 2. The van der Waals surface area contributed by atoms with E-state index in [0.29, 0.717) is 11.5 Å². The molecule has 3 rings (SSSR count). The first-order valence-corrected chi connectivity index (χ1v) is 7.41. The number of amides is 2. The summed E-state index contributed by atoms with van der Waals surface area (Å²) in [4.78, 5) is 11.9. The van der Waals surface area contributed by atoms with Gasteiger partial charge in [0.25, 0.3) is 0 Å². The van der Waals surface area contributed by atoms with Gasteiger partial charge in [-0.2, -0.15) is 0 Å². The Morgan fingerprint density at radius 1 is 1.39 bits per heavy atom. The Bertz CT molecular complexity index is 328. The predicted molar refractivity (Wildman–Crippen MR) is 69.4 cm³/mol. The number of rotatable bonds is 5. The SMILES string of the molecule is CCCC1(CNC(=O)N[C@H]2C[C@H]3CC[C@H]2O3)CC1. The number of ether oxygens (including phenoxy) is 1. The molecule has 0 radical (unpaired) electrons. The quantitative estimate of drug-likeness (QED) is 0.788. The van der Waals surface area contributed by atoms with Crippen LogP contribution in [0, 0.1) is 5.41 Å². The molecule has 3 atom stereocenters. The normalized spacial score (nSPS) is 35.5. The van der Waals surface area contributed by atoms with E-state index >= 15 is 0 Å². The molecule has 0 aromatic heterocycles.